The van der Waals surface area contributed by atoms with Gasteiger partial charge >= 0.3 is 0 Å². The van der Waals surface area contributed by atoms with Crippen LogP contribution in [0.15, 0.2) is 192 Å². The Morgan fingerprint density at radius 3 is 1.65 bits per heavy atom. The fourth-order valence-corrected chi connectivity index (χ4v) is 10.7. The van der Waals surface area contributed by atoms with Gasteiger partial charge in [0.15, 0.2) is 0 Å². The lowest BCUT2D eigenvalue weighted by Gasteiger charge is -2.45. The SMILES string of the molecule is c1ccc2c(c1)Sc1cc(-c3ccc(-n4c5ccccc5c5ccccc54)cc3)ccc1C21c2ccccc2-n2c3ccccc3c3cccc1c32. The van der Waals surface area contributed by atoms with Gasteiger partial charge in [0, 0.05) is 37.0 Å². The van der Waals surface area contributed by atoms with E-state index in [1.807, 2.05) is 11.8 Å². The summed E-state index contributed by atoms with van der Waals surface area (Å²) < 4.78 is 4.90. The molecule has 3 heteroatoms. The highest BCUT2D eigenvalue weighted by molar-refractivity contribution is 7.99. The molecule has 10 aromatic rings. The second-order valence-electron chi connectivity index (χ2n) is 14.0. The number of benzene rings is 8. The average Bonchev–Trinajstić information content (AvgIpc) is 3.73. The van der Waals surface area contributed by atoms with Gasteiger partial charge in [-0.25, -0.2) is 0 Å². The van der Waals surface area contributed by atoms with Gasteiger partial charge in [0.1, 0.15) is 0 Å². The van der Waals surface area contributed by atoms with Crippen molar-refractivity contribution >= 4 is 55.4 Å². The van der Waals surface area contributed by atoms with Crippen LogP contribution in [0.25, 0.3) is 66.1 Å². The highest BCUT2D eigenvalue weighted by atomic mass is 32.2. The van der Waals surface area contributed by atoms with Crippen molar-refractivity contribution in [1.82, 2.24) is 9.13 Å². The van der Waals surface area contributed by atoms with Gasteiger partial charge in [0.25, 0.3) is 0 Å². The number of nitrogens with zero attached hydrogens (tertiary/aromatic N) is 2. The van der Waals surface area contributed by atoms with Crippen molar-refractivity contribution in [2.24, 2.45) is 0 Å². The van der Waals surface area contributed by atoms with Gasteiger partial charge in [0.05, 0.1) is 33.2 Å². The van der Waals surface area contributed by atoms with E-state index in [9.17, 15) is 0 Å². The third kappa shape index (κ3) is 3.56. The molecule has 1 atom stereocenters. The second-order valence-corrected chi connectivity index (χ2v) is 15.1. The maximum absolute atomic E-state index is 2.51. The Labute approximate surface area is 305 Å². The average molecular weight is 679 g/mol. The first-order valence-electron chi connectivity index (χ1n) is 17.9. The van der Waals surface area contributed by atoms with Gasteiger partial charge in [-0.15, -0.1) is 0 Å². The van der Waals surface area contributed by atoms with Crippen LogP contribution < -0.4 is 0 Å². The van der Waals surface area contributed by atoms with E-state index in [1.165, 1.54) is 98.2 Å². The summed E-state index contributed by atoms with van der Waals surface area (Å²) in [6.45, 7) is 0. The highest BCUT2D eigenvalue weighted by Crippen LogP contribution is 2.60. The molecule has 2 aliphatic rings. The Balaban J connectivity index is 1.07. The molecule has 12 rings (SSSR count). The molecule has 2 nitrogen and oxygen atoms in total. The van der Waals surface area contributed by atoms with E-state index in [-0.39, 0.29) is 0 Å². The van der Waals surface area contributed by atoms with Gasteiger partial charge in [-0.1, -0.05) is 145 Å². The van der Waals surface area contributed by atoms with E-state index >= 15 is 0 Å². The molecule has 4 heterocycles. The van der Waals surface area contributed by atoms with Gasteiger partial charge in [-0.3, -0.25) is 0 Å². The lowest BCUT2D eigenvalue weighted by Crippen LogP contribution is -2.37. The molecule has 0 saturated heterocycles. The van der Waals surface area contributed by atoms with E-state index in [0.717, 1.165) is 0 Å². The fourth-order valence-electron chi connectivity index (χ4n) is 9.51. The summed E-state index contributed by atoms with van der Waals surface area (Å²) in [5.41, 5.74) is 14.8. The lowest BCUT2D eigenvalue weighted by molar-refractivity contribution is 0.690. The van der Waals surface area contributed by atoms with Crippen molar-refractivity contribution in [2.75, 3.05) is 0 Å². The number of hydrogen-bond donors (Lipinski definition) is 0. The van der Waals surface area contributed by atoms with Crippen LogP contribution in [0.3, 0.4) is 0 Å². The number of rotatable bonds is 2. The molecule has 0 fully saturated rings. The molecule has 1 unspecified atom stereocenters. The van der Waals surface area contributed by atoms with Crippen LogP contribution in [-0.2, 0) is 5.41 Å². The van der Waals surface area contributed by atoms with E-state index in [0.29, 0.717) is 0 Å². The zero-order valence-electron chi connectivity index (χ0n) is 28.1. The topological polar surface area (TPSA) is 9.86 Å². The smallest absolute Gasteiger partial charge is 0.0764 e. The number of aromatic nitrogens is 2. The third-order valence-electron chi connectivity index (χ3n) is 11.6. The molecule has 0 radical (unpaired) electrons. The first kappa shape index (κ1) is 28.4. The van der Waals surface area contributed by atoms with E-state index in [1.54, 1.807) is 0 Å². The highest BCUT2D eigenvalue weighted by Gasteiger charge is 2.49. The van der Waals surface area contributed by atoms with Crippen molar-refractivity contribution in [3.8, 4) is 22.5 Å². The molecule has 0 N–H and O–H groups in total. The van der Waals surface area contributed by atoms with Crippen molar-refractivity contribution in [3.63, 3.8) is 0 Å². The number of para-hydroxylation sites is 5. The van der Waals surface area contributed by atoms with Crippen molar-refractivity contribution in [2.45, 2.75) is 15.2 Å². The zero-order valence-corrected chi connectivity index (χ0v) is 28.9. The van der Waals surface area contributed by atoms with Crippen LogP contribution in [0.2, 0.25) is 0 Å². The lowest BCUT2D eigenvalue weighted by atomic mass is 9.62. The van der Waals surface area contributed by atoms with Gasteiger partial charge in [-0.05, 0) is 81.9 Å². The Morgan fingerprint density at radius 2 is 0.904 bits per heavy atom. The van der Waals surface area contributed by atoms with Crippen LogP contribution in [0.1, 0.15) is 22.3 Å². The standard InChI is InChI=1S/C49H30N2S/c1-6-19-42-34(12-1)35-13-2-7-20-43(35)50(42)33-27-24-31(25-28-33)32-26-29-40-47(30-32)52-46-23-10-5-17-39(46)49(40)38-16-4-9-22-45(38)51-44-21-8-3-14-36(44)37-15-11-18-41(49)48(37)51/h1-30H. The summed E-state index contributed by atoms with van der Waals surface area (Å²) in [5.74, 6) is 0. The van der Waals surface area contributed by atoms with Crippen LogP contribution in [0.4, 0.5) is 0 Å². The monoisotopic (exact) mass is 678 g/mol. The van der Waals surface area contributed by atoms with E-state index in [4.69, 9.17) is 0 Å². The molecular weight excluding hydrogens is 649 g/mol. The third-order valence-corrected chi connectivity index (χ3v) is 12.7. The van der Waals surface area contributed by atoms with Gasteiger partial charge < -0.3 is 9.13 Å². The van der Waals surface area contributed by atoms with Crippen LogP contribution in [0, 0.1) is 0 Å². The van der Waals surface area contributed by atoms with Gasteiger partial charge in [0.2, 0.25) is 0 Å². The minimum atomic E-state index is -0.462. The maximum atomic E-state index is 2.51. The summed E-state index contributed by atoms with van der Waals surface area (Å²) in [5, 5.41) is 5.16. The molecule has 1 spiro atoms. The van der Waals surface area contributed by atoms with Crippen LogP contribution in [0.5, 0.6) is 0 Å². The summed E-state index contributed by atoms with van der Waals surface area (Å²) >= 11 is 1.90. The Hall–Kier alpha value is -6.29. The largest absolute Gasteiger partial charge is 0.309 e. The molecule has 2 aliphatic heterocycles. The van der Waals surface area contributed by atoms with E-state index in [2.05, 4.69) is 191 Å². The molecule has 0 saturated carbocycles. The molecule has 0 aliphatic carbocycles. The Morgan fingerprint density at radius 1 is 0.365 bits per heavy atom. The molecule has 242 valence electrons. The predicted molar refractivity (Wildman–Crippen MR) is 217 cm³/mol. The quantitative estimate of drug-likeness (QED) is 0.177. The van der Waals surface area contributed by atoms with E-state index < -0.39 is 5.41 Å². The van der Waals surface area contributed by atoms with Crippen LogP contribution in [-0.4, -0.2) is 9.13 Å². The molecule has 52 heavy (non-hydrogen) atoms. The molecule has 8 aromatic carbocycles. The summed E-state index contributed by atoms with van der Waals surface area (Å²) in [7, 11) is 0. The summed E-state index contributed by atoms with van der Waals surface area (Å²) in [6, 6.07) is 67.7. The Kier molecular flexibility index (Phi) is 5.67. The summed E-state index contributed by atoms with van der Waals surface area (Å²) in [4.78, 5) is 2.62. The van der Waals surface area contributed by atoms with Crippen molar-refractivity contribution < 1.29 is 0 Å². The van der Waals surface area contributed by atoms with Crippen molar-refractivity contribution in [3.05, 3.63) is 204 Å². The van der Waals surface area contributed by atoms with Gasteiger partial charge in [-0.2, -0.15) is 0 Å². The fraction of sp³-hybridized carbons (Fsp3) is 0.0204. The maximum Gasteiger partial charge on any atom is 0.0764 e. The van der Waals surface area contributed by atoms with Crippen molar-refractivity contribution in [1.29, 1.82) is 0 Å². The molecule has 2 aromatic heterocycles. The van der Waals surface area contributed by atoms with Crippen LogP contribution >= 0.6 is 11.8 Å². The second kappa shape index (κ2) is 10.4. The minimum absolute atomic E-state index is 0.462. The predicted octanol–water partition coefficient (Wildman–Crippen LogP) is 12.7. The molecule has 0 amide bonds. The number of fused-ring (bicyclic) bond motifs is 14. The summed E-state index contributed by atoms with van der Waals surface area (Å²) in [6.07, 6.45) is 0. The normalized spacial score (nSPS) is 15.7. The first-order valence-corrected chi connectivity index (χ1v) is 18.8. The number of hydrogen-bond acceptors (Lipinski definition) is 1. The zero-order chi connectivity index (χ0) is 34.0. The molecule has 0 bridgehead atoms. The minimum Gasteiger partial charge on any atom is -0.309 e. The Bertz CT molecular complexity index is 3050. The molecular formula is C49H30N2S. The first-order chi connectivity index (χ1) is 25.8.